The highest BCUT2D eigenvalue weighted by atomic mass is 19.4. The molecular weight excluding hydrogens is 553 g/mol. The Bertz CT molecular complexity index is 1350. The molecule has 1 aromatic carbocycles. The van der Waals surface area contributed by atoms with E-state index < -0.39 is 48.8 Å². The minimum Gasteiger partial charge on any atom is -0.438 e. The SMILES string of the molecule is CCn1nccc1C(=O)N[C@H](c1nc2cc(C(COC)NC(=O)CCC(F)(F)F)ccc2o1)C1CCC(F)(F)CC1. The van der Waals surface area contributed by atoms with Crippen LogP contribution < -0.4 is 10.6 Å². The van der Waals surface area contributed by atoms with Gasteiger partial charge in [0.05, 0.1) is 19.1 Å². The van der Waals surface area contributed by atoms with Gasteiger partial charge in [-0.2, -0.15) is 18.3 Å². The Morgan fingerprint density at radius 3 is 2.59 bits per heavy atom. The molecule has 1 aliphatic rings. The number of benzene rings is 1. The Labute approximate surface area is 232 Å². The number of carbonyl (C=O) groups excluding carboxylic acids is 2. The van der Waals surface area contributed by atoms with Crippen molar-refractivity contribution in [3.8, 4) is 0 Å². The molecule has 2 aromatic heterocycles. The van der Waals surface area contributed by atoms with E-state index in [2.05, 4.69) is 20.7 Å². The van der Waals surface area contributed by atoms with Gasteiger partial charge in [0, 0.05) is 39.1 Å². The van der Waals surface area contributed by atoms with Gasteiger partial charge >= 0.3 is 6.18 Å². The number of fused-ring (bicyclic) bond motifs is 1. The fourth-order valence-corrected chi connectivity index (χ4v) is 4.99. The van der Waals surface area contributed by atoms with E-state index in [9.17, 15) is 31.5 Å². The number of halogens is 5. The maximum absolute atomic E-state index is 13.9. The molecule has 0 radical (unpaired) electrons. The summed E-state index contributed by atoms with van der Waals surface area (Å²) in [6.45, 7) is 2.28. The molecule has 2 atom stereocenters. The van der Waals surface area contributed by atoms with Crippen molar-refractivity contribution in [1.29, 1.82) is 0 Å². The fraction of sp³-hybridized carbons (Fsp3) is 0.556. The lowest BCUT2D eigenvalue weighted by Gasteiger charge is -2.32. The molecule has 1 fully saturated rings. The van der Waals surface area contributed by atoms with Crippen molar-refractivity contribution in [1.82, 2.24) is 25.4 Å². The normalized spacial score (nSPS) is 17.3. The summed E-state index contributed by atoms with van der Waals surface area (Å²) in [6.07, 6.45) is -5.29. The number of hydrogen-bond acceptors (Lipinski definition) is 6. The second kappa shape index (κ2) is 12.5. The van der Waals surface area contributed by atoms with Crippen LogP contribution in [0.15, 0.2) is 34.9 Å². The van der Waals surface area contributed by atoms with E-state index in [0.29, 0.717) is 28.9 Å². The Morgan fingerprint density at radius 1 is 1.20 bits per heavy atom. The molecule has 0 bridgehead atoms. The zero-order valence-electron chi connectivity index (χ0n) is 22.6. The number of rotatable bonds is 11. The van der Waals surface area contributed by atoms with Crippen molar-refractivity contribution in [3.05, 3.63) is 47.6 Å². The number of methoxy groups -OCH3 is 1. The number of nitrogens with zero attached hydrogens (tertiary/aromatic N) is 3. The van der Waals surface area contributed by atoms with Crippen molar-refractivity contribution in [2.75, 3.05) is 13.7 Å². The molecule has 3 aromatic rings. The van der Waals surface area contributed by atoms with Crippen LogP contribution in [0.1, 0.15) is 79.5 Å². The predicted molar refractivity (Wildman–Crippen MR) is 137 cm³/mol. The molecule has 2 amide bonds. The largest absolute Gasteiger partial charge is 0.438 e. The molecule has 0 aliphatic heterocycles. The summed E-state index contributed by atoms with van der Waals surface area (Å²) in [5.74, 6) is -4.23. The summed E-state index contributed by atoms with van der Waals surface area (Å²) in [5, 5.41) is 9.57. The van der Waals surface area contributed by atoms with Gasteiger partial charge in [-0.1, -0.05) is 6.07 Å². The van der Waals surface area contributed by atoms with Crippen molar-refractivity contribution in [2.45, 2.75) is 76.2 Å². The Kier molecular flexibility index (Phi) is 9.30. The second-order valence-electron chi connectivity index (χ2n) is 10.1. The van der Waals surface area contributed by atoms with E-state index in [1.165, 1.54) is 18.0 Å². The summed E-state index contributed by atoms with van der Waals surface area (Å²) in [6, 6.07) is 4.83. The number of aromatic nitrogens is 3. The van der Waals surface area contributed by atoms with Gasteiger partial charge < -0.3 is 19.8 Å². The van der Waals surface area contributed by atoms with Crippen LogP contribution in [-0.2, 0) is 16.1 Å². The third-order valence-electron chi connectivity index (χ3n) is 7.17. The van der Waals surface area contributed by atoms with Crippen LogP contribution in [0.4, 0.5) is 22.0 Å². The van der Waals surface area contributed by atoms with E-state index in [1.54, 1.807) is 24.3 Å². The topological polar surface area (TPSA) is 111 Å². The standard InChI is InChI=1S/C27H32F5N5O4/c1-3-37-20(9-13-33-37)24(39)36-23(16-6-10-26(28,29)11-7-16)25-35-18-14-17(4-5-21(18)41-25)19(15-40-2)34-22(38)8-12-27(30,31)32/h4-5,9,13-14,16,19,23H,3,6-8,10-12,15H2,1-2H3,(H,34,38)(H,36,39)/t19?,23-/m0/s1. The van der Waals surface area contributed by atoms with Crippen LogP contribution >= 0.6 is 0 Å². The molecule has 2 N–H and O–H groups in total. The molecule has 41 heavy (non-hydrogen) atoms. The monoisotopic (exact) mass is 585 g/mol. The molecule has 1 saturated carbocycles. The summed E-state index contributed by atoms with van der Waals surface area (Å²) < 4.78 is 78.2. The Hall–Kier alpha value is -3.55. The lowest BCUT2D eigenvalue weighted by Crippen LogP contribution is -2.38. The number of alkyl halides is 5. The van der Waals surface area contributed by atoms with E-state index in [0.717, 1.165) is 0 Å². The molecule has 1 unspecified atom stereocenters. The first-order valence-electron chi connectivity index (χ1n) is 13.3. The third-order valence-corrected chi connectivity index (χ3v) is 7.17. The number of nitrogens with one attached hydrogen (secondary N) is 2. The van der Waals surface area contributed by atoms with Gasteiger partial charge in [-0.25, -0.2) is 13.8 Å². The predicted octanol–water partition coefficient (Wildman–Crippen LogP) is 5.49. The van der Waals surface area contributed by atoms with E-state index in [4.69, 9.17) is 9.15 Å². The number of aryl methyl sites for hydroxylation is 1. The van der Waals surface area contributed by atoms with Gasteiger partial charge in [-0.05, 0) is 49.4 Å². The highest BCUT2D eigenvalue weighted by Crippen LogP contribution is 2.42. The van der Waals surface area contributed by atoms with Crippen LogP contribution in [0.5, 0.6) is 0 Å². The number of ether oxygens (including phenoxy) is 1. The molecule has 0 saturated heterocycles. The smallest absolute Gasteiger partial charge is 0.389 e. The molecule has 14 heteroatoms. The number of oxazole rings is 1. The second-order valence-corrected chi connectivity index (χ2v) is 10.1. The van der Waals surface area contributed by atoms with Gasteiger partial charge in [0.2, 0.25) is 17.7 Å². The van der Waals surface area contributed by atoms with Crippen LogP contribution in [0, 0.1) is 5.92 Å². The van der Waals surface area contributed by atoms with Gasteiger partial charge in [0.1, 0.15) is 17.3 Å². The molecule has 224 valence electrons. The van der Waals surface area contributed by atoms with E-state index >= 15 is 0 Å². The number of carbonyl (C=O) groups is 2. The van der Waals surface area contributed by atoms with Crippen molar-refractivity contribution in [2.24, 2.45) is 5.92 Å². The lowest BCUT2D eigenvalue weighted by molar-refractivity contribution is -0.144. The highest BCUT2D eigenvalue weighted by molar-refractivity contribution is 5.92. The summed E-state index contributed by atoms with van der Waals surface area (Å²) in [4.78, 5) is 29.9. The molecular formula is C27H32F5N5O4. The van der Waals surface area contributed by atoms with Gasteiger partial charge in [-0.15, -0.1) is 0 Å². The van der Waals surface area contributed by atoms with E-state index in [-0.39, 0.29) is 44.1 Å². The maximum Gasteiger partial charge on any atom is 0.389 e. The lowest BCUT2D eigenvalue weighted by atomic mass is 9.82. The summed E-state index contributed by atoms with van der Waals surface area (Å²) in [5.41, 5.74) is 1.54. The van der Waals surface area contributed by atoms with Crippen molar-refractivity contribution >= 4 is 22.9 Å². The van der Waals surface area contributed by atoms with Crippen LogP contribution in [-0.4, -0.2) is 52.4 Å². The average molecular weight is 586 g/mol. The van der Waals surface area contributed by atoms with Gasteiger partial charge in [0.25, 0.3) is 5.91 Å². The zero-order chi connectivity index (χ0) is 29.8. The quantitative estimate of drug-likeness (QED) is 0.288. The minimum absolute atomic E-state index is 0.00590. The molecule has 9 nitrogen and oxygen atoms in total. The maximum atomic E-state index is 13.9. The van der Waals surface area contributed by atoms with E-state index in [1.807, 2.05) is 6.92 Å². The first-order valence-corrected chi connectivity index (χ1v) is 13.3. The fourth-order valence-electron chi connectivity index (χ4n) is 4.99. The number of amides is 2. The van der Waals surface area contributed by atoms with Crippen LogP contribution in [0.25, 0.3) is 11.1 Å². The Morgan fingerprint density at radius 2 is 1.93 bits per heavy atom. The van der Waals surface area contributed by atoms with Crippen LogP contribution in [0.3, 0.4) is 0 Å². The first-order chi connectivity index (χ1) is 19.4. The summed E-state index contributed by atoms with van der Waals surface area (Å²) >= 11 is 0. The highest BCUT2D eigenvalue weighted by Gasteiger charge is 2.40. The molecule has 1 aliphatic carbocycles. The molecule has 4 rings (SSSR count). The average Bonchev–Trinajstić information content (AvgIpc) is 3.57. The molecule has 2 heterocycles. The van der Waals surface area contributed by atoms with Gasteiger partial charge in [-0.3, -0.25) is 14.3 Å². The number of hydrogen-bond donors (Lipinski definition) is 2. The van der Waals surface area contributed by atoms with Crippen LogP contribution in [0.2, 0.25) is 0 Å². The summed E-state index contributed by atoms with van der Waals surface area (Å²) in [7, 11) is 1.40. The van der Waals surface area contributed by atoms with Gasteiger partial charge in [0.15, 0.2) is 5.58 Å². The minimum atomic E-state index is -4.46. The molecule has 0 spiro atoms. The zero-order valence-corrected chi connectivity index (χ0v) is 22.6. The van der Waals surface area contributed by atoms with Crippen molar-refractivity contribution < 1.29 is 40.7 Å². The Balaban J connectivity index is 1.60. The van der Waals surface area contributed by atoms with Crippen molar-refractivity contribution in [3.63, 3.8) is 0 Å². The third kappa shape index (κ3) is 7.80. The first kappa shape index (κ1) is 30.4.